The van der Waals surface area contributed by atoms with Gasteiger partial charge >= 0.3 is 31.3 Å². The molecule has 0 saturated carbocycles. The molecule has 0 fully saturated rings. The molecule has 1 aromatic rings. The number of hydrogen-bond donors (Lipinski definition) is 0. The fraction of sp³-hybridized carbons (Fsp3) is 0.286. The van der Waals surface area contributed by atoms with Gasteiger partial charge in [0.25, 0.3) is 0 Å². The predicted molar refractivity (Wildman–Crippen MR) is 55.2 cm³/mol. The van der Waals surface area contributed by atoms with Crippen molar-refractivity contribution in [2.24, 2.45) is 0 Å². The molecule has 6 nitrogen and oxygen atoms in total. The molecule has 1 heterocycles. The summed E-state index contributed by atoms with van der Waals surface area (Å²) in [5.41, 5.74) is -12.5. The molecule has 0 aromatic carbocycles. The molecule has 0 spiro atoms. The van der Waals surface area contributed by atoms with Gasteiger partial charge in [0.2, 0.25) is 5.95 Å². The normalized spacial score (nSPS) is 13.2. The van der Waals surface area contributed by atoms with Crippen molar-refractivity contribution < 1.29 is 55.6 Å². The SMILES string of the molecule is Fc1cccnc1F.O=S(=O)(OS(=O)(=O)C(F)(F)F)C(F)(F)F. The van der Waals surface area contributed by atoms with Crippen LogP contribution < -0.4 is 0 Å². The molecule has 0 atom stereocenters. The van der Waals surface area contributed by atoms with E-state index in [1.165, 1.54) is 12.3 Å². The highest BCUT2D eigenvalue weighted by atomic mass is 32.3. The van der Waals surface area contributed by atoms with E-state index in [1.807, 2.05) is 3.63 Å². The molecular formula is C7H3F8NO5S2. The molecule has 0 saturated heterocycles. The van der Waals surface area contributed by atoms with Crippen LogP contribution in [-0.4, -0.2) is 32.8 Å². The van der Waals surface area contributed by atoms with E-state index < -0.39 is 43.0 Å². The molecule has 16 heteroatoms. The van der Waals surface area contributed by atoms with Gasteiger partial charge < -0.3 is 0 Å². The summed E-state index contributed by atoms with van der Waals surface area (Å²) in [4.78, 5) is 3.04. The Kier molecular flexibility index (Phi) is 6.45. The van der Waals surface area contributed by atoms with Crippen LogP contribution in [0.1, 0.15) is 0 Å². The lowest BCUT2D eigenvalue weighted by atomic mass is 10.5. The van der Waals surface area contributed by atoms with E-state index in [0.717, 1.165) is 6.07 Å². The summed E-state index contributed by atoms with van der Waals surface area (Å²) in [5, 5.41) is 0. The van der Waals surface area contributed by atoms with Crippen LogP contribution in [0.15, 0.2) is 18.3 Å². The van der Waals surface area contributed by atoms with Crippen molar-refractivity contribution in [1.82, 2.24) is 4.98 Å². The van der Waals surface area contributed by atoms with Crippen LogP contribution in [0.5, 0.6) is 0 Å². The average Bonchev–Trinajstić information content (AvgIpc) is 2.29. The van der Waals surface area contributed by atoms with E-state index in [-0.39, 0.29) is 0 Å². The summed E-state index contributed by atoms with van der Waals surface area (Å²) in [6.45, 7) is 0. The molecule has 0 aliphatic heterocycles. The Balaban J connectivity index is 0.000000502. The van der Waals surface area contributed by atoms with Gasteiger partial charge in [-0.05, 0) is 12.1 Å². The molecule has 134 valence electrons. The minimum absolute atomic E-state index is 0.910. The van der Waals surface area contributed by atoms with Crippen molar-refractivity contribution in [3.63, 3.8) is 0 Å². The number of nitrogens with zero attached hydrogens (tertiary/aromatic N) is 1. The first-order valence-electron chi connectivity index (χ1n) is 4.61. The molecule has 0 unspecified atom stereocenters. The largest absolute Gasteiger partial charge is 0.524 e. The average molecular weight is 397 g/mol. The zero-order valence-corrected chi connectivity index (χ0v) is 11.7. The third kappa shape index (κ3) is 6.22. The molecule has 1 aromatic heterocycles. The maximum Gasteiger partial charge on any atom is 0.524 e. The molecule has 0 aliphatic carbocycles. The zero-order chi connectivity index (χ0) is 18.7. The van der Waals surface area contributed by atoms with Crippen molar-refractivity contribution in [2.45, 2.75) is 11.0 Å². The van der Waals surface area contributed by atoms with Crippen molar-refractivity contribution in [2.75, 3.05) is 0 Å². The van der Waals surface area contributed by atoms with E-state index in [1.54, 1.807) is 0 Å². The van der Waals surface area contributed by atoms with Crippen LogP contribution in [-0.2, 0) is 23.9 Å². The van der Waals surface area contributed by atoms with Gasteiger partial charge in [0, 0.05) is 6.20 Å². The number of aromatic nitrogens is 1. The summed E-state index contributed by atoms with van der Waals surface area (Å²) in [5.74, 6) is -1.96. The Morgan fingerprint density at radius 3 is 1.48 bits per heavy atom. The molecule has 0 bridgehead atoms. The third-order valence-electron chi connectivity index (χ3n) is 1.46. The van der Waals surface area contributed by atoms with Gasteiger partial charge in [-0.2, -0.15) is 47.6 Å². The van der Waals surface area contributed by atoms with Gasteiger partial charge in [-0.1, -0.05) is 0 Å². The predicted octanol–water partition coefficient (Wildman–Crippen LogP) is 2.06. The first kappa shape index (κ1) is 21.4. The second-order valence-corrected chi connectivity index (χ2v) is 6.43. The highest BCUT2D eigenvalue weighted by Gasteiger charge is 2.57. The number of alkyl halides is 6. The Labute approximate surface area is 122 Å². The lowest BCUT2D eigenvalue weighted by Crippen LogP contribution is -2.34. The van der Waals surface area contributed by atoms with Crippen molar-refractivity contribution in [1.29, 1.82) is 0 Å². The summed E-state index contributed by atoms with van der Waals surface area (Å²) >= 11 is 0. The molecule has 0 amide bonds. The van der Waals surface area contributed by atoms with Crippen molar-refractivity contribution in [3.8, 4) is 0 Å². The quantitative estimate of drug-likeness (QED) is 0.431. The molecule has 0 radical (unpaired) electrons. The van der Waals surface area contributed by atoms with Gasteiger partial charge in [0.05, 0.1) is 0 Å². The van der Waals surface area contributed by atoms with E-state index >= 15 is 0 Å². The Morgan fingerprint density at radius 2 is 1.26 bits per heavy atom. The van der Waals surface area contributed by atoms with Crippen LogP contribution in [0.4, 0.5) is 35.1 Å². The second-order valence-electron chi connectivity index (χ2n) is 3.14. The second kappa shape index (κ2) is 6.91. The van der Waals surface area contributed by atoms with Crippen LogP contribution in [0.25, 0.3) is 0 Å². The molecule has 0 aliphatic rings. The van der Waals surface area contributed by atoms with Crippen LogP contribution in [0.2, 0.25) is 0 Å². The highest BCUT2D eigenvalue weighted by Crippen LogP contribution is 2.32. The Bertz CT molecular complexity index is 676. The van der Waals surface area contributed by atoms with E-state index in [4.69, 9.17) is 0 Å². The Hall–Kier alpha value is -1.55. The van der Waals surface area contributed by atoms with E-state index in [2.05, 4.69) is 4.98 Å². The molecule has 23 heavy (non-hydrogen) atoms. The fourth-order valence-corrected chi connectivity index (χ4v) is 2.12. The van der Waals surface area contributed by atoms with Crippen molar-refractivity contribution >= 4 is 20.2 Å². The smallest absolute Gasteiger partial charge is 0.226 e. The highest BCUT2D eigenvalue weighted by molar-refractivity contribution is 8.00. The molecule has 0 N–H and O–H groups in total. The van der Waals surface area contributed by atoms with Crippen LogP contribution in [0, 0.1) is 11.8 Å². The van der Waals surface area contributed by atoms with Crippen molar-refractivity contribution in [3.05, 3.63) is 30.1 Å². The maximum atomic E-state index is 11.9. The number of rotatable bonds is 2. The first-order valence-corrected chi connectivity index (χ1v) is 7.42. The van der Waals surface area contributed by atoms with Crippen LogP contribution >= 0.6 is 0 Å². The number of hydrogen-bond acceptors (Lipinski definition) is 6. The summed E-state index contributed by atoms with van der Waals surface area (Å²) in [6, 6.07) is 2.35. The van der Waals surface area contributed by atoms with Gasteiger partial charge in [-0.15, -0.1) is 3.63 Å². The maximum absolute atomic E-state index is 11.9. The van der Waals surface area contributed by atoms with Gasteiger partial charge in [0.1, 0.15) is 0 Å². The zero-order valence-electron chi connectivity index (χ0n) is 10.1. The molecule has 1 rings (SSSR count). The Morgan fingerprint density at radius 1 is 0.870 bits per heavy atom. The standard InChI is InChI=1S/C5H3F2N.C2F6O5S2/c6-4-2-1-3-8-5(4)7;3-1(4,5)14(9,10)13-15(11,12)2(6,7)8/h1-3H;. The van der Waals surface area contributed by atoms with E-state index in [0.29, 0.717) is 0 Å². The molecular weight excluding hydrogens is 394 g/mol. The van der Waals surface area contributed by atoms with Gasteiger partial charge in [-0.3, -0.25) is 0 Å². The fourth-order valence-electron chi connectivity index (χ4n) is 0.561. The summed E-state index contributed by atoms with van der Waals surface area (Å²) in [7, 11) is -13.7. The first-order chi connectivity index (χ1) is 10.0. The number of pyridine rings is 1. The van der Waals surface area contributed by atoms with Gasteiger partial charge in [0.15, 0.2) is 5.82 Å². The lowest BCUT2D eigenvalue weighted by Gasteiger charge is -2.09. The summed E-state index contributed by atoms with van der Waals surface area (Å²) in [6.07, 6.45) is 1.19. The lowest BCUT2D eigenvalue weighted by molar-refractivity contribution is -0.0585. The topological polar surface area (TPSA) is 90.4 Å². The number of halogens is 8. The minimum atomic E-state index is -6.85. The monoisotopic (exact) mass is 397 g/mol. The third-order valence-corrected chi connectivity index (χ3v) is 4.03. The van der Waals surface area contributed by atoms with Gasteiger partial charge in [-0.25, -0.2) is 9.37 Å². The minimum Gasteiger partial charge on any atom is -0.226 e. The summed E-state index contributed by atoms with van der Waals surface area (Å²) < 4.78 is 134. The van der Waals surface area contributed by atoms with E-state index in [9.17, 15) is 52.0 Å². The van der Waals surface area contributed by atoms with Crippen LogP contribution in [0.3, 0.4) is 0 Å².